The quantitative estimate of drug-likeness (QED) is 0.499. The maximum Gasteiger partial charge on any atom is 0.0203 e. The first kappa shape index (κ1) is 12.9. The van der Waals surface area contributed by atoms with Crippen LogP contribution in [0.5, 0.6) is 0 Å². The molecule has 0 spiro atoms. The van der Waals surface area contributed by atoms with Gasteiger partial charge in [-0.3, -0.25) is 0 Å². The first-order valence-corrected chi connectivity index (χ1v) is 9.15. The Morgan fingerprint density at radius 2 is 1.86 bits per heavy atom. The monoisotopic (exact) mass is 290 g/mol. The van der Waals surface area contributed by atoms with Crippen molar-refractivity contribution in [3.05, 3.63) is 72.3 Å². The number of rotatable bonds is 2. The molecule has 1 aliphatic carbocycles. The van der Waals surface area contributed by atoms with E-state index in [1.54, 1.807) is 10.2 Å². The molecule has 1 aromatic heterocycles. The summed E-state index contributed by atoms with van der Waals surface area (Å²) < 4.78 is 0. The van der Waals surface area contributed by atoms with Gasteiger partial charge in [0.1, 0.15) is 0 Å². The molecule has 1 heteroatoms. The summed E-state index contributed by atoms with van der Waals surface area (Å²) in [5.41, 5.74) is 2.15. The summed E-state index contributed by atoms with van der Waals surface area (Å²) in [7, 11) is -0.255. The van der Waals surface area contributed by atoms with Crippen molar-refractivity contribution in [3.63, 3.8) is 0 Å². The van der Waals surface area contributed by atoms with Crippen LogP contribution in [0.4, 0.5) is 0 Å². The molecule has 2 atom stereocenters. The van der Waals surface area contributed by atoms with Gasteiger partial charge in [0.05, 0.1) is 0 Å². The van der Waals surface area contributed by atoms with E-state index < -0.39 is 0 Å². The maximum absolute atomic E-state index is 2.41. The lowest BCUT2D eigenvalue weighted by Gasteiger charge is -2.15. The normalized spacial score (nSPS) is 18.7. The lowest BCUT2D eigenvalue weighted by molar-refractivity contribution is 0.994. The van der Waals surface area contributed by atoms with E-state index in [1.165, 1.54) is 22.8 Å². The van der Waals surface area contributed by atoms with Gasteiger partial charge in [-0.2, -0.15) is 0 Å². The highest BCUT2D eigenvalue weighted by molar-refractivity contribution is 7.61. The maximum atomic E-state index is 2.41. The van der Waals surface area contributed by atoms with E-state index in [0.717, 1.165) is 6.42 Å². The van der Waals surface area contributed by atoms with Crippen LogP contribution in [0.2, 0.25) is 0 Å². The number of allylic oxidation sites excluding steroid dienone is 4. The van der Waals surface area contributed by atoms with Gasteiger partial charge in [0.15, 0.2) is 0 Å². The number of aryl methyl sites for hydroxylation is 1. The van der Waals surface area contributed by atoms with E-state index in [4.69, 9.17) is 0 Å². The van der Waals surface area contributed by atoms with E-state index in [9.17, 15) is 0 Å². The lowest BCUT2D eigenvalue weighted by Crippen LogP contribution is -1.85. The summed E-state index contributed by atoms with van der Waals surface area (Å²) in [5, 5.41) is 6.19. The molecule has 0 nitrogen and oxygen atoms in total. The van der Waals surface area contributed by atoms with Crippen molar-refractivity contribution >= 4 is 28.5 Å². The van der Waals surface area contributed by atoms with E-state index in [2.05, 4.69) is 73.7 Å². The van der Waals surface area contributed by atoms with Crippen molar-refractivity contribution in [2.75, 3.05) is 0 Å². The second kappa shape index (κ2) is 5.20. The number of benzene rings is 2. The molecule has 0 aliphatic heterocycles. The zero-order valence-electron chi connectivity index (χ0n) is 12.3. The molecule has 0 radical (unpaired) electrons. The van der Waals surface area contributed by atoms with Crippen LogP contribution in [0.3, 0.4) is 0 Å². The molecule has 0 bridgehead atoms. The number of hydrogen-bond acceptors (Lipinski definition) is 0. The molecular formula is C20H19P. The summed E-state index contributed by atoms with van der Waals surface area (Å²) in [6, 6.07) is 16.0. The third-order valence-electron chi connectivity index (χ3n) is 4.49. The van der Waals surface area contributed by atoms with Gasteiger partial charge in [-0.25, -0.2) is 0 Å². The summed E-state index contributed by atoms with van der Waals surface area (Å²) in [6.45, 7) is 2.27. The third-order valence-corrected chi connectivity index (χ3v) is 7.34. The summed E-state index contributed by atoms with van der Waals surface area (Å²) in [4.78, 5) is 0. The fourth-order valence-electron chi connectivity index (χ4n) is 3.53. The van der Waals surface area contributed by atoms with Crippen LogP contribution in [0.1, 0.15) is 24.6 Å². The van der Waals surface area contributed by atoms with Crippen LogP contribution in [0.25, 0.3) is 21.0 Å². The predicted octanol–water partition coefficient (Wildman–Crippen LogP) is 6.60. The Morgan fingerprint density at radius 3 is 2.67 bits per heavy atom. The fraction of sp³-hybridized carbons (Fsp3) is 0.200. The minimum absolute atomic E-state index is 0.255. The van der Waals surface area contributed by atoms with Crippen LogP contribution in [-0.4, -0.2) is 0 Å². The number of hydrogen-bond donors (Lipinski definition) is 0. The van der Waals surface area contributed by atoms with Gasteiger partial charge in [-0.15, -0.1) is 7.53 Å². The highest BCUT2D eigenvalue weighted by Crippen LogP contribution is 2.58. The Hall–Kier alpha value is -1.78. The first-order valence-electron chi connectivity index (χ1n) is 7.74. The zero-order chi connectivity index (χ0) is 14.2. The molecule has 0 saturated carbocycles. The Labute approximate surface area is 126 Å². The molecule has 3 aromatic rings. The molecule has 0 N–H and O–H groups in total. The van der Waals surface area contributed by atoms with Gasteiger partial charge in [-0.1, -0.05) is 73.7 Å². The second-order valence-electron chi connectivity index (χ2n) is 5.67. The van der Waals surface area contributed by atoms with Crippen LogP contribution < -0.4 is 0 Å². The molecule has 2 unspecified atom stereocenters. The Bertz CT molecular complexity index is 864. The third kappa shape index (κ3) is 1.98. The Kier molecular flexibility index (Phi) is 3.20. The molecule has 2 aromatic carbocycles. The molecule has 104 valence electrons. The fourth-order valence-corrected chi connectivity index (χ4v) is 6.56. The molecule has 0 saturated heterocycles. The van der Waals surface area contributed by atoms with E-state index in [-0.39, 0.29) is 7.53 Å². The summed E-state index contributed by atoms with van der Waals surface area (Å²) >= 11 is 0. The highest BCUT2D eigenvalue weighted by atomic mass is 31.1. The van der Waals surface area contributed by atoms with Gasteiger partial charge in [-0.05, 0) is 29.2 Å². The zero-order valence-corrected chi connectivity index (χ0v) is 13.2. The van der Waals surface area contributed by atoms with Crippen LogP contribution in [-0.2, 0) is 6.42 Å². The van der Waals surface area contributed by atoms with Crippen LogP contribution in [0, 0.1) is 0 Å². The molecule has 1 aliphatic rings. The van der Waals surface area contributed by atoms with Crippen molar-refractivity contribution < 1.29 is 0 Å². The summed E-state index contributed by atoms with van der Waals surface area (Å²) in [6.07, 6.45) is 11.4. The lowest BCUT2D eigenvalue weighted by atomic mass is 10.0. The van der Waals surface area contributed by atoms with Gasteiger partial charge in [0, 0.05) is 15.9 Å². The summed E-state index contributed by atoms with van der Waals surface area (Å²) in [5.74, 6) is 0. The molecule has 21 heavy (non-hydrogen) atoms. The van der Waals surface area contributed by atoms with E-state index >= 15 is 0 Å². The minimum atomic E-state index is -0.255. The SMILES string of the molecule is CCc1cccc2c1c1ccccc1p2C1C=CC=CC1. The van der Waals surface area contributed by atoms with Gasteiger partial charge in [0.2, 0.25) is 0 Å². The van der Waals surface area contributed by atoms with E-state index in [0.29, 0.717) is 5.66 Å². The molecule has 1 heterocycles. The molecular weight excluding hydrogens is 271 g/mol. The van der Waals surface area contributed by atoms with Gasteiger partial charge in [0.25, 0.3) is 0 Å². The average Bonchev–Trinajstić information content (AvgIpc) is 2.90. The molecule has 4 rings (SSSR count). The Balaban J connectivity index is 2.12. The smallest absolute Gasteiger partial charge is 0.0203 e. The van der Waals surface area contributed by atoms with Crippen molar-refractivity contribution in [1.29, 1.82) is 0 Å². The van der Waals surface area contributed by atoms with Crippen molar-refractivity contribution in [2.45, 2.75) is 25.4 Å². The topological polar surface area (TPSA) is 0 Å². The Morgan fingerprint density at radius 1 is 1.00 bits per heavy atom. The van der Waals surface area contributed by atoms with Crippen LogP contribution in [0.15, 0.2) is 66.8 Å². The van der Waals surface area contributed by atoms with Gasteiger partial charge >= 0.3 is 0 Å². The predicted molar refractivity (Wildman–Crippen MR) is 95.5 cm³/mol. The van der Waals surface area contributed by atoms with Gasteiger partial charge < -0.3 is 0 Å². The largest absolute Gasteiger partial charge is 0.101 e. The first-order chi connectivity index (χ1) is 10.4. The van der Waals surface area contributed by atoms with Crippen molar-refractivity contribution in [2.24, 2.45) is 0 Å². The van der Waals surface area contributed by atoms with Crippen molar-refractivity contribution in [1.82, 2.24) is 0 Å². The van der Waals surface area contributed by atoms with E-state index in [1.807, 2.05) is 0 Å². The second-order valence-corrected chi connectivity index (χ2v) is 8.03. The van der Waals surface area contributed by atoms with Crippen LogP contribution >= 0.6 is 7.53 Å². The molecule has 0 amide bonds. The minimum Gasteiger partial charge on any atom is -0.101 e. The number of fused-ring (bicyclic) bond motifs is 3. The average molecular weight is 290 g/mol. The standard InChI is InChI=1S/C20H19P/c1-2-15-9-8-14-19-20(15)17-12-6-7-13-18(17)21(19)16-10-4-3-5-11-16/h3-10,12-14,16H,2,11H2,1H3. The molecule has 0 fully saturated rings. The van der Waals surface area contributed by atoms with Crippen molar-refractivity contribution in [3.8, 4) is 0 Å². The highest BCUT2D eigenvalue weighted by Gasteiger charge is 2.19.